The van der Waals surface area contributed by atoms with Crippen LogP contribution in [0.3, 0.4) is 0 Å². The Kier molecular flexibility index (Phi) is 6.62. The minimum absolute atomic E-state index is 0.0215. The molecule has 1 spiro atoms. The number of urea groups is 2. The monoisotopic (exact) mass is 422 g/mol. The van der Waals surface area contributed by atoms with Crippen LogP contribution in [0.25, 0.3) is 0 Å². The summed E-state index contributed by atoms with van der Waals surface area (Å²) in [6, 6.07) is -1.21. The van der Waals surface area contributed by atoms with E-state index in [0.29, 0.717) is 6.42 Å². The van der Waals surface area contributed by atoms with Crippen molar-refractivity contribution < 1.29 is 28.7 Å². The lowest BCUT2D eigenvalue weighted by Gasteiger charge is -2.36. The molecule has 0 aromatic carbocycles. The van der Waals surface area contributed by atoms with Crippen LogP contribution in [0.4, 0.5) is 9.59 Å². The van der Waals surface area contributed by atoms with Gasteiger partial charge in [-0.25, -0.2) is 9.59 Å². The largest absolute Gasteiger partial charge is 0.451 e. The summed E-state index contributed by atoms with van der Waals surface area (Å²) in [6.45, 7) is 2.67. The summed E-state index contributed by atoms with van der Waals surface area (Å²) in [4.78, 5) is 62.3. The third kappa shape index (κ3) is 4.57. The molecule has 30 heavy (non-hydrogen) atoms. The van der Waals surface area contributed by atoms with Gasteiger partial charge in [0.2, 0.25) is 0 Å². The van der Waals surface area contributed by atoms with Crippen LogP contribution in [0.15, 0.2) is 0 Å². The maximum atomic E-state index is 12.9. The third-order valence-corrected chi connectivity index (χ3v) is 6.39. The first-order valence-corrected chi connectivity index (χ1v) is 10.7. The number of rotatable bonds is 5. The van der Waals surface area contributed by atoms with E-state index in [-0.39, 0.29) is 12.0 Å². The van der Waals surface area contributed by atoms with Crippen molar-refractivity contribution in [1.29, 1.82) is 0 Å². The molecule has 3 aliphatic rings. The average molecular weight is 422 g/mol. The molecule has 10 nitrogen and oxygen atoms in total. The van der Waals surface area contributed by atoms with Gasteiger partial charge in [-0.1, -0.05) is 32.6 Å². The number of hydrogen-bond donors (Lipinski definition) is 3. The molecule has 10 heteroatoms. The fourth-order valence-electron chi connectivity index (χ4n) is 4.56. The molecule has 3 rings (SSSR count). The lowest BCUT2D eigenvalue weighted by Crippen LogP contribution is -2.54. The van der Waals surface area contributed by atoms with Crippen molar-refractivity contribution in [3.05, 3.63) is 0 Å². The number of imide groups is 2. The Balaban J connectivity index is 1.49. The normalized spacial score (nSPS) is 27.7. The lowest BCUT2D eigenvalue weighted by molar-refractivity contribution is -0.156. The van der Waals surface area contributed by atoms with Gasteiger partial charge in [-0.15, -0.1) is 0 Å². The molecule has 3 fully saturated rings. The van der Waals surface area contributed by atoms with Gasteiger partial charge in [-0.2, -0.15) is 0 Å². The number of hydrogen-bond acceptors (Lipinski definition) is 6. The molecular weight excluding hydrogens is 392 g/mol. The number of ether oxygens (including phenoxy) is 1. The fraction of sp³-hybridized carbons (Fsp3) is 0.750. The highest BCUT2D eigenvalue weighted by molar-refractivity contribution is 6.09. The predicted octanol–water partition coefficient (Wildman–Crippen LogP) is 1.19. The van der Waals surface area contributed by atoms with Crippen LogP contribution < -0.4 is 16.0 Å². The summed E-state index contributed by atoms with van der Waals surface area (Å²) < 4.78 is 5.04. The number of nitrogens with zero attached hydrogens (tertiary/aromatic N) is 1. The highest BCUT2D eigenvalue weighted by Crippen LogP contribution is 2.38. The van der Waals surface area contributed by atoms with Crippen molar-refractivity contribution in [2.24, 2.45) is 5.92 Å². The van der Waals surface area contributed by atoms with Crippen LogP contribution in [0.5, 0.6) is 0 Å². The molecule has 0 bridgehead atoms. The molecule has 2 aliphatic carbocycles. The van der Waals surface area contributed by atoms with Crippen LogP contribution in [-0.4, -0.2) is 59.0 Å². The quantitative estimate of drug-likeness (QED) is 0.450. The summed E-state index contributed by atoms with van der Waals surface area (Å²) in [5.74, 6) is -2.11. The highest BCUT2D eigenvalue weighted by atomic mass is 16.5. The Bertz CT molecular complexity index is 735. The van der Waals surface area contributed by atoms with E-state index in [0.717, 1.165) is 49.8 Å². The third-order valence-electron chi connectivity index (χ3n) is 6.39. The average Bonchev–Trinajstić information content (AvgIpc) is 3.27. The van der Waals surface area contributed by atoms with E-state index < -0.39 is 48.0 Å². The van der Waals surface area contributed by atoms with Crippen LogP contribution in [0.2, 0.25) is 0 Å². The highest BCUT2D eigenvalue weighted by Gasteiger charge is 2.55. The molecule has 166 valence electrons. The Morgan fingerprint density at radius 1 is 1.17 bits per heavy atom. The van der Waals surface area contributed by atoms with Gasteiger partial charge in [0, 0.05) is 6.04 Å². The van der Waals surface area contributed by atoms with E-state index in [9.17, 15) is 24.0 Å². The topological polar surface area (TPSA) is 134 Å². The van der Waals surface area contributed by atoms with Gasteiger partial charge in [0.25, 0.3) is 11.8 Å². The van der Waals surface area contributed by atoms with E-state index in [4.69, 9.17) is 4.74 Å². The van der Waals surface area contributed by atoms with E-state index >= 15 is 0 Å². The van der Waals surface area contributed by atoms with E-state index in [1.165, 1.54) is 6.92 Å². The first-order chi connectivity index (χ1) is 14.2. The Labute approximate surface area is 175 Å². The number of carbonyl (C=O) groups is 5. The van der Waals surface area contributed by atoms with Gasteiger partial charge in [0.1, 0.15) is 12.1 Å². The minimum Gasteiger partial charge on any atom is -0.451 e. The van der Waals surface area contributed by atoms with Crippen molar-refractivity contribution in [3.8, 4) is 0 Å². The maximum Gasteiger partial charge on any atom is 0.327 e. The van der Waals surface area contributed by atoms with Gasteiger partial charge in [0.05, 0.1) is 0 Å². The van der Waals surface area contributed by atoms with Gasteiger partial charge >= 0.3 is 18.0 Å². The molecule has 0 aromatic heterocycles. The number of amides is 6. The number of esters is 1. The summed E-state index contributed by atoms with van der Waals surface area (Å²) in [5, 5.41) is 7.62. The molecule has 0 unspecified atom stereocenters. The second-order valence-corrected chi connectivity index (χ2v) is 8.52. The van der Waals surface area contributed by atoms with Crippen molar-refractivity contribution in [2.45, 2.75) is 82.9 Å². The van der Waals surface area contributed by atoms with Gasteiger partial charge < -0.3 is 15.4 Å². The number of carbonyl (C=O) groups excluding carboxylic acids is 5. The van der Waals surface area contributed by atoms with Crippen molar-refractivity contribution >= 4 is 29.8 Å². The molecule has 0 aromatic rings. The molecule has 2 saturated carbocycles. The SMILES string of the molecule is C[C@H](OC(=O)CN1C(=O)N[C@]2(CCCC[C@H]2C)C1=O)C(=O)NC(=O)NC1CCCC1. The second kappa shape index (κ2) is 9.01. The van der Waals surface area contributed by atoms with Crippen molar-refractivity contribution in [1.82, 2.24) is 20.9 Å². The van der Waals surface area contributed by atoms with E-state index in [2.05, 4.69) is 16.0 Å². The second-order valence-electron chi connectivity index (χ2n) is 8.52. The van der Waals surface area contributed by atoms with Crippen molar-refractivity contribution in [2.75, 3.05) is 6.54 Å². The first-order valence-electron chi connectivity index (χ1n) is 10.7. The summed E-state index contributed by atoms with van der Waals surface area (Å²) in [7, 11) is 0. The van der Waals surface area contributed by atoms with Crippen LogP contribution in [-0.2, 0) is 19.1 Å². The Morgan fingerprint density at radius 2 is 1.83 bits per heavy atom. The zero-order chi connectivity index (χ0) is 21.9. The molecular formula is C20H30N4O6. The minimum atomic E-state index is -1.24. The van der Waals surface area contributed by atoms with Gasteiger partial charge in [-0.05, 0) is 38.5 Å². The summed E-state index contributed by atoms with van der Waals surface area (Å²) in [6.07, 6.45) is 5.77. The molecule has 1 saturated heterocycles. The van der Waals surface area contributed by atoms with Gasteiger partial charge in [0.15, 0.2) is 6.10 Å². The molecule has 3 N–H and O–H groups in total. The Morgan fingerprint density at radius 3 is 2.50 bits per heavy atom. The summed E-state index contributed by atoms with van der Waals surface area (Å²) >= 11 is 0. The standard InChI is InChI=1S/C20H30N4O6/c1-12-7-5-6-10-20(12)17(27)24(19(29)23-20)11-15(25)30-13(2)16(26)22-18(28)21-14-8-3-4-9-14/h12-14H,3-11H2,1-2H3,(H,23,29)(H2,21,22,26,28)/t12-,13+,20+/m1/s1. The molecule has 0 radical (unpaired) electrons. The van der Waals surface area contributed by atoms with Gasteiger partial charge in [-0.3, -0.25) is 24.6 Å². The van der Waals surface area contributed by atoms with Crippen LogP contribution >= 0.6 is 0 Å². The smallest absolute Gasteiger partial charge is 0.327 e. The van der Waals surface area contributed by atoms with Crippen LogP contribution in [0.1, 0.15) is 65.2 Å². The molecule has 1 aliphatic heterocycles. The zero-order valence-corrected chi connectivity index (χ0v) is 17.5. The first kappa shape index (κ1) is 22.0. The summed E-state index contributed by atoms with van der Waals surface area (Å²) in [5.41, 5.74) is -0.961. The van der Waals surface area contributed by atoms with E-state index in [1.807, 2.05) is 6.92 Å². The lowest BCUT2D eigenvalue weighted by atomic mass is 9.73. The fourth-order valence-corrected chi connectivity index (χ4v) is 4.56. The van der Waals surface area contributed by atoms with Crippen LogP contribution in [0, 0.1) is 5.92 Å². The molecule has 3 atom stereocenters. The zero-order valence-electron chi connectivity index (χ0n) is 17.5. The Hall–Kier alpha value is -2.65. The van der Waals surface area contributed by atoms with E-state index in [1.54, 1.807) is 0 Å². The molecule has 1 heterocycles. The molecule has 6 amide bonds. The number of nitrogens with one attached hydrogen (secondary N) is 3. The maximum absolute atomic E-state index is 12.9. The predicted molar refractivity (Wildman–Crippen MR) is 105 cm³/mol. The van der Waals surface area contributed by atoms with Crippen molar-refractivity contribution in [3.63, 3.8) is 0 Å².